The van der Waals surface area contributed by atoms with Crippen molar-refractivity contribution in [2.75, 3.05) is 0 Å². The zero-order valence-corrected chi connectivity index (χ0v) is 9.02. The fourth-order valence-corrected chi connectivity index (χ4v) is 3.02. The fourth-order valence-electron chi connectivity index (χ4n) is 2.90. The topological polar surface area (TPSA) is 39.2 Å². The first-order valence-electron chi connectivity index (χ1n) is 5.32. The molecule has 3 rings (SSSR count). The van der Waals surface area contributed by atoms with Gasteiger partial charge >= 0.3 is 0 Å². The molecule has 2 bridgehead atoms. The molecule has 2 aliphatic rings. The summed E-state index contributed by atoms with van der Waals surface area (Å²) in [5.41, 5.74) is 1.16. The van der Waals surface area contributed by atoms with Crippen LogP contribution < -0.4 is 0 Å². The molecule has 0 unspecified atom stereocenters. The van der Waals surface area contributed by atoms with Crippen LogP contribution in [0.1, 0.15) is 30.7 Å². The first-order chi connectivity index (χ1) is 7.25. The van der Waals surface area contributed by atoms with Crippen LogP contribution in [0.15, 0.2) is 18.3 Å². The molecule has 0 spiro atoms. The maximum atomic E-state index is 11.7. The van der Waals surface area contributed by atoms with E-state index in [1.54, 1.807) is 6.07 Å². The Morgan fingerprint density at radius 2 is 2.27 bits per heavy atom. The van der Waals surface area contributed by atoms with Gasteiger partial charge in [-0.15, -0.1) is 0 Å². The Hall–Kier alpha value is -0.640. The highest BCUT2D eigenvalue weighted by Gasteiger charge is 2.41. The van der Waals surface area contributed by atoms with E-state index in [4.69, 9.17) is 11.6 Å². The van der Waals surface area contributed by atoms with E-state index >= 15 is 0 Å². The predicted octanol–water partition coefficient (Wildman–Crippen LogP) is 2.55. The third-order valence-corrected chi connectivity index (χ3v) is 3.87. The number of hydroxylamine groups is 2. The van der Waals surface area contributed by atoms with Gasteiger partial charge in [-0.2, -0.15) is 0 Å². The third-order valence-electron chi connectivity index (χ3n) is 3.65. The summed E-state index contributed by atoms with van der Waals surface area (Å²) in [6.45, 7) is 0. The number of hydrogen-bond donors (Lipinski definition) is 0. The normalized spacial score (nSPS) is 34.9. The summed E-state index contributed by atoms with van der Waals surface area (Å²) in [7, 11) is 0. The number of rotatable bonds is 1. The van der Waals surface area contributed by atoms with Gasteiger partial charge in [0.05, 0.1) is 0 Å². The summed E-state index contributed by atoms with van der Waals surface area (Å²) >= 11 is 5.74. The van der Waals surface area contributed by atoms with Gasteiger partial charge in [-0.3, -0.25) is 0 Å². The van der Waals surface area contributed by atoms with Crippen molar-refractivity contribution in [3.05, 3.63) is 34.3 Å². The van der Waals surface area contributed by atoms with Crippen molar-refractivity contribution in [3.63, 3.8) is 0 Å². The smallest absolute Gasteiger partial charge is 0.129 e. The second-order valence-corrected chi connectivity index (χ2v) is 4.80. The van der Waals surface area contributed by atoms with Crippen molar-refractivity contribution in [2.24, 2.45) is 0 Å². The monoisotopic (exact) mass is 223 g/mol. The highest BCUT2D eigenvalue weighted by atomic mass is 35.5. The summed E-state index contributed by atoms with van der Waals surface area (Å²) in [5, 5.41) is 13.5. The minimum atomic E-state index is 0.179. The van der Waals surface area contributed by atoms with Crippen molar-refractivity contribution in [2.45, 2.75) is 37.3 Å². The van der Waals surface area contributed by atoms with E-state index in [1.165, 1.54) is 5.06 Å². The molecule has 2 saturated heterocycles. The Bertz CT molecular complexity index is 367. The van der Waals surface area contributed by atoms with Crippen molar-refractivity contribution in [1.29, 1.82) is 0 Å². The molecule has 3 heterocycles. The van der Waals surface area contributed by atoms with E-state index in [1.807, 2.05) is 12.3 Å². The van der Waals surface area contributed by atoms with Gasteiger partial charge in [0, 0.05) is 18.2 Å². The number of hydrogen-bond acceptors (Lipinski definition) is 3. The lowest BCUT2D eigenvalue weighted by Crippen LogP contribution is -2.23. The van der Waals surface area contributed by atoms with Crippen LogP contribution in [-0.2, 0) is 0 Å². The Kier molecular flexibility index (Phi) is 2.20. The summed E-state index contributed by atoms with van der Waals surface area (Å²) in [6, 6.07) is 4.22. The summed E-state index contributed by atoms with van der Waals surface area (Å²) in [6.07, 6.45) is 4.88. The first-order valence-corrected chi connectivity index (χ1v) is 5.70. The average Bonchev–Trinajstić information content (AvgIpc) is 2.75. The summed E-state index contributed by atoms with van der Waals surface area (Å²) in [5.74, 6) is 0.367. The molecule has 0 aliphatic carbocycles. The Balaban J connectivity index is 1.87. The van der Waals surface area contributed by atoms with E-state index in [2.05, 4.69) is 4.98 Å². The standard InChI is InChI=1S/C11H12ClN2O/c12-11-4-1-7(6-13-11)9-5-8-2-3-10(9)14(8)15/h1,4,6,8-10H,2-3,5H2/q-1/t8-,9+,10+/m0/s1. The molecule has 2 aliphatic heterocycles. The number of pyridine rings is 1. The number of halogens is 1. The van der Waals surface area contributed by atoms with Gasteiger partial charge in [-0.25, -0.2) is 4.98 Å². The van der Waals surface area contributed by atoms with E-state index in [0.717, 1.165) is 24.8 Å². The molecule has 0 amide bonds. The van der Waals surface area contributed by atoms with Crippen LogP contribution in [0.4, 0.5) is 0 Å². The van der Waals surface area contributed by atoms with Gasteiger partial charge in [0.2, 0.25) is 0 Å². The number of fused-ring (bicyclic) bond motifs is 2. The Morgan fingerprint density at radius 3 is 2.80 bits per heavy atom. The van der Waals surface area contributed by atoms with Gasteiger partial charge in [-0.1, -0.05) is 17.7 Å². The second-order valence-electron chi connectivity index (χ2n) is 4.41. The van der Waals surface area contributed by atoms with Crippen LogP contribution in [-0.4, -0.2) is 22.1 Å². The highest BCUT2D eigenvalue weighted by Crippen LogP contribution is 2.45. The highest BCUT2D eigenvalue weighted by molar-refractivity contribution is 6.29. The molecule has 1 aromatic heterocycles. The van der Waals surface area contributed by atoms with Crippen LogP contribution in [0, 0.1) is 5.21 Å². The van der Waals surface area contributed by atoms with Crippen molar-refractivity contribution < 1.29 is 0 Å². The lowest BCUT2D eigenvalue weighted by Gasteiger charge is -2.29. The summed E-state index contributed by atoms with van der Waals surface area (Å²) in [4.78, 5) is 4.08. The van der Waals surface area contributed by atoms with Gasteiger partial charge in [0.25, 0.3) is 0 Å². The third kappa shape index (κ3) is 1.46. The van der Waals surface area contributed by atoms with E-state index in [-0.39, 0.29) is 12.1 Å². The maximum absolute atomic E-state index is 11.7. The molecule has 15 heavy (non-hydrogen) atoms. The maximum Gasteiger partial charge on any atom is 0.129 e. The zero-order chi connectivity index (χ0) is 10.4. The van der Waals surface area contributed by atoms with Crippen LogP contribution in [0.3, 0.4) is 0 Å². The zero-order valence-electron chi connectivity index (χ0n) is 8.27. The molecule has 4 heteroatoms. The average molecular weight is 224 g/mol. The van der Waals surface area contributed by atoms with Crippen molar-refractivity contribution >= 4 is 11.6 Å². The van der Waals surface area contributed by atoms with Crippen LogP contribution in [0.2, 0.25) is 5.15 Å². The quantitative estimate of drug-likeness (QED) is 0.687. The first kappa shape index (κ1) is 9.58. The molecular weight excluding hydrogens is 212 g/mol. The fraction of sp³-hybridized carbons (Fsp3) is 0.545. The molecule has 2 fully saturated rings. The summed E-state index contributed by atoms with van der Waals surface area (Å²) < 4.78 is 0. The molecule has 0 aromatic carbocycles. The van der Waals surface area contributed by atoms with E-state index in [0.29, 0.717) is 11.1 Å². The second kappa shape index (κ2) is 3.44. The lowest BCUT2D eigenvalue weighted by atomic mass is 9.85. The van der Waals surface area contributed by atoms with Gasteiger partial charge in [0.15, 0.2) is 0 Å². The van der Waals surface area contributed by atoms with E-state index < -0.39 is 0 Å². The molecule has 1 aromatic rings. The minimum absolute atomic E-state index is 0.179. The largest absolute Gasteiger partial charge is 0.785 e. The molecule has 3 nitrogen and oxygen atoms in total. The molecular formula is C11H12ClN2O-. The van der Waals surface area contributed by atoms with Crippen LogP contribution >= 0.6 is 11.6 Å². The van der Waals surface area contributed by atoms with Gasteiger partial charge in [0.1, 0.15) is 5.15 Å². The van der Waals surface area contributed by atoms with Crippen LogP contribution in [0.25, 0.3) is 0 Å². The van der Waals surface area contributed by atoms with E-state index in [9.17, 15) is 5.21 Å². The van der Waals surface area contributed by atoms with Crippen LogP contribution in [0.5, 0.6) is 0 Å². The number of aromatic nitrogens is 1. The lowest BCUT2D eigenvalue weighted by molar-refractivity contribution is 0.350. The minimum Gasteiger partial charge on any atom is -0.785 e. The Morgan fingerprint density at radius 1 is 1.40 bits per heavy atom. The van der Waals surface area contributed by atoms with Crippen molar-refractivity contribution in [1.82, 2.24) is 10.0 Å². The number of nitrogens with zero attached hydrogens (tertiary/aromatic N) is 2. The van der Waals surface area contributed by atoms with Gasteiger partial charge in [-0.05, 0) is 36.9 Å². The van der Waals surface area contributed by atoms with Gasteiger partial charge < -0.3 is 10.3 Å². The molecule has 3 atom stereocenters. The predicted molar refractivity (Wildman–Crippen MR) is 58.6 cm³/mol. The molecule has 0 N–H and O–H groups in total. The molecule has 0 saturated carbocycles. The molecule has 80 valence electrons. The Labute approximate surface area is 93.6 Å². The SMILES string of the molecule is [O-]N1[C@H]2CC[C@@H]1[C@@H](c1ccc(Cl)nc1)C2. The molecule has 0 radical (unpaired) electrons. The van der Waals surface area contributed by atoms with Crippen molar-refractivity contribution in [3.8, 4) is 0 Å².